The highest BCUT2D eigenvalue weighted by Gasteiger charge is 2.17. The summed E-state index contributed by atoms with van der Waals surface area (Å²) >= 11 is 0. The van der Waals surface area contributed by atoms with E-state index in [-0.39, 0.29) is 0 Å². The van der Waals surface area contributed by atoms with Crippen LogP contribution in [0.5, 0.6) is 0 Å². The van der Waals surface area contributed by atoms with E-state index in [0.717, 1.165) is 44.4 Å². The van der Waals surface area contributed by atoms with Crippen molar-refractivity contribution >= 4 is 27.1 Å². The fourth-order valence-corrected chi connectivity index (χ4v) is 5.30. The first-order valence-electron chi connectivity index (χ1n) is 12.9. The molecule has 0 aliphatic carbocycles. The molecule has 0 aliphatic rings. The van der Waals surface area contributed by atoms with E-state index in [9.17, 15) is 5.26 Å². The van der Waals surface area contributed by atoms with Gasteiger partial charge in [0.25, 0.3) is 0 Å². The van der Waals surface area contributed by atoms with Crippen LogP contribution in [0.25, 0.3) is 60.8 Å². The maximum Gasteiger partial charge on any atom is 0.0992 e. The Balaban J connectivity index is 1.55. The molecule has 3 nitrogen and oxygen atoms in total. The van der Waals surface area contributed by atoms with Gasteiger partial charge in [-0.25, -0.2) is 0 Å². The first-order chi connectivity index (χ1) is 19.2. The van der Waals surface area contributed by atoms with Crippen molar-refractivity contribution in [3.8, 4) is 39.7 Å². The standard InChI is InChI=1S/C36H25N3/c1-3-25(4-2)26-13-15-27(16-14-26)35-29-9-5-7-11-31(29)36(32-12-8-6-10-30(32)35)33-18-17-28(23-39-33)34-21-24(22-37)19-20-38-34/h3-21,23H,1H2,2H3/b25-4+. The molecule has 0 amide bonds. The molecule has 0 N–H and O–H groups in total. The van der Waals surface area contributed by atoms with E-state index >= 15 is 0 Å². The highest BCUT2D eigenvalue weighted by Crippen LogP contribution is 2.43. The molecule has 0 saturated carbocycles. The van der Waals surface area contributed by atoms with Gasteiger partial charge in [0.15, 0.2) is 0 Å². The maximum absolute atomic E-state index is 9.27. The van der Waals surface area contributed by atoms with Crippen LogP contribution in [0.15, 0.2) is 128 Å². The van der Waals surface area contributed by atoms with E-state index in [0.29, 0.717) is 5.56 Å². The van der Waals surface area contributed by atoms with Crippen LogP contribution >= 0.6 is 0 Å². The minimum atomic E-state index is 0.580. The van der Waals surface area contributed by atoms with Crippen molar-refractivity contribution < 1.29 is 0 Å². The van der Waals surface area contributed by atoms with Gasteiger partial charge in [0, 0.05) is 23.5 Å². The van der Waals surface area contributed by atoms with Crippen LogP contribution < -0.4 is 0 Å². The van der Waals surface area contributed by atoms with Crippen molar-refractivity contribution in [3.63, 3.8) is 0 Å². The number of nitriles is 1. The highest BCUT2D eigenvalue weighted by molar-refractivity contribution is 6.21. The molecule has 0 spiro atoms. The monoisotopic (exact) mass is 499 g/mol. The third kappa shape index (κ3) is 4.29. The molecule has 0 radical (unpaired) electrons. The molecule has 39 heavy (non-hydrogen) atoms. The predicted octanol–water partition coefficient (Wildman–Crippen LogP) is 9.24. The van der Waals surface area contributed by atoms with Crippen LogP contribution in [0.4, 0.5) is 0 Å². The SMILES string of the molecule is C=C/C(=C\C)c1ccc(-c2c3ccccc3c(-c3ccc(-c4cc(C#N)ccn4)cn3)c3ccccc23)cc1. The summed E-state index contributed by atoms with van der Waals surface area (Å²) in [5.41, 5.74) is 8.85. The van der Waals surface area contributed by atoms with E-state index in [1.54, 1.807) is 18.3 Å². The fraction of sp³-hybridized carbons (Fsp3) is 0.0278. The van der Waals surface area contributed by atoms with E-state index in [4.69, 9.17) is 4.98 Å². The van der Waals surface area contributed by atoms with Crippen LogP contribution in [0.2, 0.25) is 0 Å². The second kappa shape index (κ2) is 10.2. The molecular formula is C36H25N3. The van der Waals surface area contributed by atoms with E-state index < -0.39 is 0 Å². The maximum atomic E-state index is 9.27. The van der Waals surface area contributed by atoms with Gasteiger partial charge >= 0.3 is 0 Å². The Morgan fingerprint density at radius 2 is 1.33 bits per heavy atom. The number of aromatic nitrogens is 2. The molecule has 0 atom stereocenters. The third-order valence-corrected chi connectivity index (χ3v) is 7.17. The molecule has 0 bridgehead atoms. The van der Waals surface area contributed by atoms with Crippen molar-refractivity contribution in [1.29, 1.82) is 5.26 Å². The normalized spacial score (nSPS) is 11.4. The number of benzene rings is 4. The minimum absolute atomic E-state index is 0.580. The lowest BCUT2D eigenvalue weighted by atomic mass is 9.87. The summed E-state index contributed by atoms with van der Waals surface area (Å²) in [4.78, 5) is 9.33. The first kappa shape index (κ1) is 24.0. The molecule has 2 aromatic heterocycles. The number of hydrogen-bond acceptors (Lipinski definition) is 3. The summed E-state index contributed by atoms with van der Waals surface area (Å²) in [6.45, 7) is 5.98. The highest BCUT2D eigenvalue weighted by atomic mass is 14.7. The van der Waals surface area contributed by atoms with Crippen molar-refractivity contribution in [2.45, 2.75) is 6.92 Å². The molecule has 3 heteroatoms. The molecule has 0 fully saturated rings. The average molecular weight is 500 g/mol. The van der Waals surface area contributed by atoms with Gasteiger partial charge in [-0.15, -0.1) is 0 Å². The third-order valence-electron chi connectivity index (χ3n) is 7.17. The van der Waals surface area contributed by atoms with Gasteiger partial charge in [-0.05, 0) is 75.0 Å². The zero-order chi connectivity index (χ0) is 26.8. The van der Waals surface area contributed by atoms with Crippen molar-refractivity contribution in [3.05, 3.63) is 139 Å². The summed E-state index contributed by atoms with van der Waals surface area (Å²) in [6, 6.07) is 35.6. The second-order valence-electron chi connectivity index (χ2n) is 9.34. The van der Waals surface area contributed by atoms with Crippen molar-refractivity contribution in [2.75, 3.05) is 0 Å². The van der Waals surface area contributed by atoms with E-state index in [2.05, 4.69) is 96.5 Å². The van der Waals surface area contributed by atoms with Gasteiger partial charge in [0.2, 0.25) is 0 Å². The summed E-state index contributed by atoms with van der Waals surface area (Å²) in [7, 11) is 0. The average Bonchev–Trinajstić information content (AvgIpc) is 3.01. The topological polar surface area (TPSA) is 49.6 Å². The zero-order valence-corrected chi connectivity index (χ0v) is 21.6. The lowest BCUT2D eigenvalue weighted by Gasteiger charge is -2.17. The number of fused-ring (bicyclic) bond motifs is 2. The number of rotatable bonds is 5. The second-order valence-corrected chi connectivity index (χ2v) is 9.34. The van der Waals surface area contributed by atoms with Gasteiger partial charge < -0.3 is 0 Å². The molecule has 4 aromatic carbocycles. The Bertz CT molecular complexity index is 1870. The number of pyridine rings is 2. The largest absolute Gasteiger partial charge is 0.256 e. The fourth-order valence-electron chi connectivity index (χ4n) is 5.30. The molecule has 0 saturated heterocycles. The van der Waals surface area contributed by atoms with Crippen LogP contribution in [-0.4, -0.2) is 9.97 Å². The zero-order valence-electron chi connectivity index (χ0n) is 21.6. The molecule has 0 unspecified atom stereocenters. The number of nitrogens with zero attached hydrogens (tertiary/aromatic N) is 3. The van der Waals surface area contributed by atoms with Gasteiger partial charge in [0.1, 0.15) is 0 Å². The smallest absolute Gasteiger partial charge is 0.0992 e. The molecule has 0 aliphatic heterocycles. The predicted molar refractivity (Wildman–Crippen MR) is 162 cm³/mol. The van der Waals surface area contributed by atoms with Crippen LogP contribution in [0.1, 0.15) is 18.1 Å². The van der Waals surface area contributed by atoms with Crippen molar-refractivity contribution in [2.24, 2.45) is 0 Å². The summed E-state index contributed by atoms with van der Waals surface area (Å²) in [5, 5.41) is 13.9. The summed E-state index contributed by atoms with van der Waals surface area (Å²) in [6.07, 6.45) is 7.47. The lowest BCUT2D eigenvalue weighted by molar-refractivity contribution is 1.27. The Morgan fingerprint density at radius 1 is 0.718 bits per heavy atom. The molecule has 6 rings (SSSR count). The van der Waals surface area contributed by atoms with Crippen LogP contribution in [-0.2, 0) is 0 Å². The van der Waals surface area contributed by atoms with Gasteiger partial charge in [-0.1, -0.05) is 91.5 Å². The Morgan fingerprint density at radius 3 is 1.87 bits per heavy atom. The van der Waals surface area contributed by atoms with Gasteiger partial charge in [-0.2, -0.15) is 5.26 Å². The summed E-state index contributed by atoms with van der Waals surface area (Å²) < 4.78 is 0. The van der Waals surface area contributed by atoms with Crippen molar-refractivity contribution in [1.82, 2.24) is 9.97 Å². The number of hydrogen-bond donors (Lipinski definition) is 0. The van der Waals surface area contributed by atoms with Gasteiger partial charge in [0.05, 0.1) is 23.0 Å². The first-order valence-corrected chi connectivity index (χ1v) is 12.9. The summed E-state index contributed by atoms with van der Waals surface area (Å²) in [5.74, 6) is 0. The number of allylic oxidation sites excluding steroid dienone is 3. The molecule has 2 heterocycles. The molecule has 6 aromatic rings. The van der Waals surface area contributed by atoms with E-state index in [1.165, 1.54) is 21.9 Å². The molecular weight excluding hydrogens is 474 g/mol. The van der Waals surface area contributed by atoms with Gasteiger partial charge in [-0.3, -0.25) is 9.97 Å². The van der Waals surface area contributed by atoms with Crippen LogP contribution in [0.3, 0.4) is 0 Å². The quantitative estimate of drug-likeness (QED) is 0.175. The minimum Gasteiger partial charge on any atom is -0.256 e. The Hall–Kier alpha value is -5.33. The van der Waals surface area contributed by atoms with Crippen LogP contribution in [0, 0.1) is 11.3 Å². The lowest BCUT2D eigenvalue weighted by Crippen LogP contribution is -1.93. The Kier molecular flexibility index (Phi) is 6.29. The molecule has 184 valence electrons. The Labute approximate surface area is 228 Å². The van der Waals surface area contributed by atoms with E-state index in [1.807, 2.05) is 31.3 Å².